The highest BCUT2D eigenvalue weighted by Crippen LogP contribution is 2.18. The summed E-state index contributed by atoms with van der Waals surface area (Å²) in [7, 11) is 0. The molecule has 1 aromatic rings. The number of carboxylic acid groups (broad SMARTS) is 1. The molecular formula is C15H22N2O3. The van der Waals surface area contributed by atoms with Crippen molar-refractivity contribution in [3.63, 3.8) is 0 Å². The summed E-state index contributed by atoms with van der Waals surface area (Å²) in [6, 6.07) is 10.1. The van der Waals surface area contributed by atoms with Crippen LogP contribution in [0.2, 0.25) is 0 Å². The Hall–Kier alpha value is -1.59. The van der Waals surface area contributed by atoms with Gasteiger partial charge in [-0.15, -0.1) is 0 Å². The summed E-state index contributed by atoms with van der Waals surface area (Å²) in [6.45, 7) is 3.06. The number of carbonyl (C=O) groups is 1. The number of piperazine rings is 1. The standard InChI is InChI=1S/C15H22N2O3/c18-14-12-17(13-6-2-1-3-7-13)11-10-16(14)9-5-4-8-15(19)20/h1-3,6-7,14,18H,4-5,8-12H2,(H,19,20). The maximum Gasteiger partial charge on any atom is 0.303 e. The van der Waals surface area contributed by atoms with Crippen molar-refractivity contribution >= 4 is 11.7 Å². The summed E-state index contributed by atoms with van der Waals surface area (Å²) in [6.07, 6.45) is 1.21. The van der Waals surface area contributed by atoms with Crippen LogP contribution >= 0.6 is 0 Å². The Bertz CT molecular complexity index is 424. The molecular weight excluding hydrogens is 256 g/mol. The lowest BCUT2D eigenvalue weighted by Crippen LogP contribution is -2.53. The van der Waals surface area contributed by atoms with Crippen LogP contribution in [0.5, 0.6) is 0 Å². The van der Waals surface area contributed by atoms with Crippen LogP contribution < -0.4 is 4.90 Å². The molecule has 1 fully saturated rings. The molecule has 1 aliphatic heterocycles. The van der Waals surface area contributed by atoms with Gasteiger partial charge in [-0.3, -0.25) is 9.69 Å². The van der Waals surface area contributed by atoms with Gasteiger partial charge in [-0.1, -0.05) is 18.2 Å². The monoisotopic (exact) mass is 278 g/mol. The van der Waals surface area contributed by atoms with Gasteiger partial charge in [0.2, 0.25) is 0 Å². The Morgan fingerprint density at radius 2 is 1.95 bits per heavy atom. The molecule has 1 unspecified atom stereocenters. The van der Waals surface area contributed by atoms with E-state index in [1.807, 2.05) is 23.1 Å². The number of hydrogen-bond donors (Lipinski definition) is 2. The highest BCUT2D eigenvalue weighted by atomic mass is 16.4. The average molecular weight is 278 g/mol. The van der Waals surface area contributed by atoms with E-state index in [-0.39, 0.29) is 6.42 Å². The molecule has 20 heavy (non-hydrogen) atoms. The molecule has 110 valence electrons. The molecule has 0 amide bonds. The Morgan fingerprint density at radius 3 is 2.60 bits per heavy atom. The SMILES string of the molecule is O=C(O)CCCCN1CCN(c2ccccc2)CC1O. The van der Waals surface area contributed by atoms with Gasteiger partial charge >= 0.3 is 5.97 Å². The van der Waals surface area contributed by atoms with Crippen molar-refractivity contribution in [3.8, 4) is 0 Å². The van der Waals surface area contributed by atoms with Gasteiger partial charge in [0.05, 0.1) is 6.54 Å². The second-order valence-electron chi connectivity index (χ2n) is 5.15. The van der Waals surface area contributed by atoms with Crippen LogP contribution in [-0.4, -0.2) is 53.5 Å². The van der Waals surface area contributed by atoms with E-state index >= 15 is 0 Å². The van der Waals surface area contributed by atoms with Crippen LogP contribution in [0.1, 0.15) is 19.3 Å². The highest BCUT2D eigenvalue weighted by molar-refractivity contribution is 5.66. The first-order valence-electron chi connectivity index (χ1n) is 7.11. The molecule has 0 aliphatic carbocycles. The van der Waals surface area contributed by atoms with E-state index in [0.29, 0.717) is 13.0 Å². The third kappa shape index (κ3) is 4.21. The predicted octanol–water partition coefficient (Wildman–Crippen LogP) is 1.38. The summed E-state index contributed by atoms with van der Waals surface area (Å²) in [4.78, 5) is 14.7. The van der Waals surface area contributed by atoms with E-state index in [9.17, 15) is 9.90 Å². The summed E-state index contributed by atoms with van der Waals surface area (Å²) < 4.78 is 0. The third-order valence-electron chi connectivity index (χ3n) is 3.67. The molecule has 1 heterocycles. The van der Waals surface area contributed by atoms with Crippen molar-refractivity contribution < 1.29 is 15.0 Å². The second kappa shape index (κ2) is 7.26. The minimum Gasteiger partial charge on any atom is -0.481 e. The molecule has 0 bridgehead atoms. The lowest BCUT2D eigenvalue weighted by atomic mass is 10.2. The van der Waals surface area contributed by atoms with Crippen molar-refractivity contribution in [2.45, 2.75) is 25.5 Å². The first-order chi connectivity index (χ1) is 9.66. The smallest absolute Gasteiger partial charge is 0.303 e. The number of hydrogen-bond acceptors (Lipinski definition) is 4. The molecule has 2 rings (SSSR count). The van der Waals surface area contributed by atoms with Crippen LogP contribution in [-0.2, 0) is 4.79 Å². The molecule has 0 spiro atoms. The van der Waals surface area contributed by atoms with E-state index in [2.05, 4.69) is 17.0 Å². The van der Waals surface area contributed by atoms with Gasteiger partial charge in [0.1, 0.15) is 6.23 Å². The van der Waals surface area contributed by atoms with Crippen molar-refractivity contribution in [1.82, 2.24) is 4.90 Å². The van der Waals surface area contributed by atoms with Crippen LogP contribution in [0, 0.1) is 0 Å². The summed E-state index contributed by atoms with van der Waals surface area (Å²) in [5.41, 5.74) is 1.14. The number of rotatable bonds is 6. The van der Waals surface area contributed by atoms with Crippen molar-refractivity contribution in [2.75, 3.05) is 31.1 Å². The lowest BCUT2D eigenvalue weighted by molar-refractivity contribution is -0.137. The number of unbranched alkanes of at least 4 members (excludes halogenated alkanes) is 1. The van der Waals surface area contributed by atoms with Crippen molar-refractivity contribution in [2.24, 2.45) is 0 Å². The third-order valence-corrected chi connectivity index (χ3v) is 3.67. The average Bonchev–Trinajstić information content (AvgIpc) is 2.45. The topological polar surface area (TPSA) is 64.0 Å². The minimum atomic E-state index is -0.751. The summed E-state index contributed by atoms with van der Waals surface area (Å²) >= 11 is 0. The number of anilines is 1. The van der Waals surface area contributed by atoms with Gasteiger partial charge in [-0.25, -0.2) is 0 Å². The molecule has 1 aliphatic rings. The van der Waals surface area contributed by atoms with Crippen LogP contribution in [0.4, 0.5) is 5.69 Å². The van der Waals surface area contributed by atoms with Crippen molar-refractivity contribution in [3.05, 3.63) is 30.3 Å². The molecule has 1 saturated heterocycles. The van der Waals surface area contributed by atoms with E-state index in [0.717, 1.165) is 31.7 Å². The molecule has 5 heteroatoms. The fourth-order valence-electron chi connectivity index (χ4n) is 2.53. The van der Waals surface area contributed by atoms with Gasteiger partial charge in [-0.05, 0) is 25.0 Å². The summed E-state index contributed by atoms with van der Waals surface area (Å²) in [5.74, 6) is -0.751. The molecule has 2 N–H and O–H groups in total. The zero-order valence-corrected chi connectivity index (χ0v) is 11.6. The Labute approximate surface area is 119 Å². The van der Waals surface area contributed by atoms with Gasteiger partial charge in [-0.2, -0.15) is 0 Å². The van der Waals surface area contributed by atoms with Crippen LogP contribution in [0.3, 0.4) is 0 Å². The minimum absolute atomic E-state index is 0.208. The fourth-order valence-corrected chi connectivity index (χ4v) is 2.53. The van der Waals surface area contributed by atoms with E-state index in [1.165, 1.54) is 0 Å². The van der Waals surface area contributed by atoms with E-state index < -0.39 is 12.2 Å². The van der Waals surface area contributed by atoms with E-state index in [4.69, 9.17) is 5.11 Å². The van der Waals surface area contributed by atoms with Crippen LogP contribution in [0.15, 0.2) is 30.3 Å². The molecule has 0 aromatic heterocycles. The van der Waals surface area contributed by atoms with Gasteiger partial charge in [0.25, 0.3) is 0 Å². The molecule has 0 radical (unpaired) electrons. The number of aliphatic hydroxyl groups is 1. The fraction of sp³-hybridized carbons (Fsp3) is 0.533. The second-order valence-corrected chi connectivity index (χ2v) is 5.15. The Kier molecular flexibility index (Phi) is 5.38. The number of aliphatic hydroxyl groups excluding tert-OH is 1. The van der Waals surface area contributed by atoms with E-state index in [1.54, 1.807) is 0 Å². The number of carboxylic acids is 1. The predicted molar refractivity (Wildman–Crippen MR) is 77.7 cm³/mol. The number of para-hydroxylation sites is 1. The largest absolute Gasteiger partial charge is 0.481 e. The highest BCUT2D eigenvalue weighted by Gasteiger charge is 2.24. The zero-order chi connectivity index (χ0) is 14.4. The van der Waals surface area contributed by atoms with Gasteiger partial charge in [0, 0.05) is 31.7 Å². The summed E-state index contributed by atoms with van der Waals surface area (Å²) in [5, 5.41) is 18.8. The first-order valence-corrected chi connectivity index (χ1v) is 7.11. The normalized spacial score (nSPS) is 20.1. The van der Waals surface area contributed by atoms with Gasteiger partial charge in [0.15, 0.2) is 0 Å². The quantitative estimate of drug-likeness (QED) is 0.770. The number of nitrogens with zero attached hydrogens (tertiary/aromatic N) is 2. The number of aliphatic carboxylic acids is 1. The zero-order valence-electron chi connectivity index (χ0n) is 11.6. The molecule has 1 aromatic carbocycles. The lowest BCUT2D eigenvalue weighted by Gasteiger charge is -2.39. The van der Waals surface area contributed by atoms with Crippen LogP contribution in [0.25, 0.3) is 0 Å². The Morgan fingerprint density at radius 1 is 1.20 bits per heavy atom. The number of benzene rings is 1. The molecule has 5 nitrogen and oxygen atoms in total. The Balaban J connectivity index is 1.76. The number of β-amino-alcohol motifs (C(OH)–C–C–N with tert-alkyl or cyclic N) is 1. The molecule has 1 atom stereocenters. The maximum atomic E-state index is 10.4. The maximum absolute atomic E-state index is 10.4. The van der Waals surface area contributed by atoms with Gasteiger partial charge < -0.3 is 15.1 Å². The van der Waals surface area contributed by atoms with Crippen molar-refractivity contribution in [1.29, 1.82) is 0 Å². The molecule has 0 saturated carbocycles. The first kappa shape index (κ1) is 14.8.